The van der Waals surface area contributed by atoms with Gasteiger partial charge in [0.2, 0.25) is 6.79 Å². The highest BCUT2D eigenvalue weighted by Crippen LogP contribution is 2.48. The Bertz CT molecular complexity index is 1270. The Balaban J connectivity index is 1.29. The number of hydrogen-bond donors (Lipinski definition) is 2. The van der Waals surface area contributed by atoms with E-state index >= 15 is 0 Å². The second kappa shape index (κ2) is 9.61. The lowest BCUT2D eigenvalue weighted by Gasteiger charge is -2.33. The normalized spacial score (nSPS) is 19.7. The van der Waals surface area contributed by atoms with Crippen LogP contribution in [0, 0.1) is 11.8 Å². The standard InChI is InChI=1S/C27H32N5O4/c1-16(2)11-32-9-3-4-18(12-32)31-27(33)19-10-28-25-23(19)29-14-30-24(25)22-20(34-13-17-5-6-17)7-8-21-26(22)36-15-35-21/h7-8,10,14,17-18,28H,3-6,9,11-13,15H2,1-2H3,(H,31,33)/t18-/m1/s1. The highest BCUT2D eigenvalue weighted by atomic mass is 16.7. The van der Waals surface area contributed by atoms with Crippen LogP contribution in [-0.4, -0.2) is 64.8 Å². The minimum absolute atomic E-state index is 0.113. The molecule has 36 heavy (non-hydrogen) atoms. The number of hydrogen-bond acceptors (Lipinski definition) is 7. The lowest BCUT2D eigenvalue weighted by Crippen LogP contribution is -2.48. The smallest absolute Gasteiger partial charge is 0.255 e. The molecule has 189 valence electrons. The summed E-state index contributed by atoms with van der Waals surface area (Å²) in [6.07, 6.45) is 7.65. The fraction of sp³-hybridized carbons (Fsp3) is 0.481. The molecule has 2 aromatic heterocycles. The molecule has 6 rings (SSSR count). The SMILES string of the molecule is C[C](C)CN1CCC[C@@H](NC(=O)c2c[nH]c3c(-c4c(OCC5CC5)ccc5c4OCO5)ncnc23)C1. The van der Waals surface area contributed by atoms with Crippen LogP contribution in [-0.2, 0) is 0 Å². The Labute approximate surface area is 210 Å². The van der Waals surface area contributed by atoms with Crippen molar-refractivity contribution in [2.75, 3.05) is 33.0 Å². The van der Waals surface area contributed by atoms with Gasteiger partial charge in [0.1, 0.15) is 23.3 Å². The summed E-state index contributed by atoms with van der Waals surface area (Å²) in [6, 6.07) is 3.88. The van der Waals surface area contributed by atoms with Crippen molar-refractivity contribution in [1.29, 1.82) is 0 Å². The average Bonchev–Trinajstić information content (AvgIpc) is 3.38. The number of aromatic amines is 1. The number of fused-ring (bicyclic) bond motifs is 2. The molecular weight excluding hydrogens is 458 g/mol. The average molecular weight is 491 g/mol. The van der Waals surface area contributed by atoms with Crippen LogP contribution >= 0.6 is 0 Å². The third-order valence-corrected chi connectivity index (χ3v) is 7.00. The van der Waals surface area contributed by atoms with E-state index in [0.29, 0.717) is 52.1 Å². The van der Waals surface area contributed by atoms with E-state index in [-0.39, 0.29) is 18.7 Å². The number of carbonyl (C=O) groups is 1. The van der Waals surface area contributed by atoms with Crippen molar-refractivity contribution in [2.24, 2.45) is 5.92 Å². The van der Waals surface area contributed by atoms with Crippen LogP contribution in [0.25, 0.3) is 22.3 Å². The van der Waals surface area contributed by atoms with Gasteiger partial charge in [0, 0.05) is 25.3 Å². The maximum absolute atomic E-state index is 13.3. The van der Waals surface area contributed by atoms with Gasteiger partial charge in [-0.1, -0.05) is 13.8 Å². The molecule has 1 saturated heterocycles. The molecular formula is C27H32N5O4. The van der Waals surface area contributed by atoms with Gasteiger partial charge in [-0.2, -0.15) is 0 Å². The molecule has 2 fully saturated rings. The van der Waals surface area contributed by atoms with Crippen molar-refractivity contribution >= 4 is 16.9 Å². The lowest BCUT2D eigenvalue weighted by atomic mass is 10.0. The molecule has 0 spiro atoms. The van der Waals surface area contributed by atoms with Gasteiger partial charge in [-0.15, -0.1) is 0 Å². The predicted octanol–water partition coefficient (Wildman–Crippen LogP) is 3.95. The molecule has 4 heterocycles. The van der Waals surface area contributed by atoms with Crippen molar-refractivity contribution in [3.63, 3.8) is 0 Å². The van der Waals surface area contributed by atoms with Crippen LogP contribution in [0.3, 0.4) is 0 Å². The molecule has 1 atom stereocenters. The second-order valence-electron chi connectivity index (χ2n) is 10.3. The first-order valence-corrected chi connectivity index (χ1v) is 12.8. The first kappa shape index (κ1) is 23.1. The van der Waals surface area contributed by atoms with E-state index in [9.17, 15) is 4.79 Å². The van der Waals surface area contributed by atoms with Gasteiger partial charge in [-0.3, -0.25) is 4.79 Å². The largest absolute Gasteiger partial charge is 0.492 e. The van der Waals surface area contributed by atoms with Gasteiger partial charge in [-0.25, -0.2) is 9.97 Å². The minimum atomic E-state index is -0.127. The molecule has 1 amide bonds. The molecule has 0 bridgehead atoms. The zero-order chi connectivity index (χ0) is 24.6. The van der Waals surface area contributed by atoms with Gasteiger partial charge >= 0.3 is 0 Å². The number of ether oxygens (including phenoxy) is 3. The van der Waals surface area contributed by atoms with Gasteiger partial charge < -0.3 is 29.4 Å². The second-order valence-corrected chi connectivity index (χ2v) is 10.3. The summed E-state index contributed by atoms with van der Waals surface area (Å²) in [4.78, 5) is 28.0. The molecule has 1 aliphatic carbocycles. The summed E-state index contributed by atoms with van der Waals surface area (Å²) in [5, 5.41) is 3.23. The van der Waals surface area contributed by atoms with Crippen LogP contribution < -0.4 is 19.5 Å². The molecule has 3 aromatic rings. The van der Waals surface area contributed by atoms with Crippen LogP contribution in [0.5, 0.6) is 17.2 Å². The number of nitrogens with one attached hydrogen (secondary N) is 2. The Morgan fingerprint density at radius 1 is 1.22 bits per heavy atom. The third kappa shape index (κ3) is 4.59. The van der Waals surface area contributed by atoms with Gasteiger partial charge in [0.25, 0.3) is 5.91 Å². The predicted molar refractivity (Wildman–Crippen MR) is 135 cm³/mol. The fourth-order valence-electron chi connectivity index (χ4n) is 5.12. The van der Waals surface area contributed by atoms with Crippen LogP contribution in [0.1, 0.15) is 49.9 Å². The third-order valence-electron chi connectivity index (χ3n) is 7.00. The number of carbonyl (C=O) groups excluding carboxylic acids is 1. The zero-order valence-electron chi connectivity index (χ0n) is 20.8. The molecule has 2 aliphatic heterocycles. The van der Waals surface area contributed by atoms with Gasteiger partial charge in [0.05, 0.1) is 23.3 Å². The van der Waals surface area contributed by atoms with Crippen LogP contribution in [0.4, 0.5) is 0 Å². The molecule has 9 heteroatoms. The summed E-state index contributed by atoms with van der Waals surface area (Å²) in [6.45, 7) is 7.99. The molecule has 3 aliphatic rings. The number of likely N-dealkylation sites (tertiary alicyclic amines) is 1. The number of amides is 1. The zero-order valence-corrected chi connectivity index (χ0v) is 20.8. The molecule has 0 unspecified atom stereocenters. The van der Waals surface area contributed by atoms with Crippen molar-refractivity contribution in [2.45, 2.75) is 45.6 Å². The first-order valence-electron chi connectivity index (χ1n) is 12.8. The molecule has 1 radical (unpaired) electrons. The van der Waals surface area contributed by atoms with E-state index < -0.39 is 0 Å². The van der Waals surface area contributed by atoms with Crippen molar-refractivity contribution in [3.8, 4) is 28.5 Å². The van der Waals surface area contributed by atoms with E-state index in [1.807, 2.05) is 12.1 Å². The number of nitrogens with zero attached hydrogens (tertiary/aromatic N) is 3. The van der Waals surface area contributed by atoms with Crippen molar-refractivity contribution < 1.29 is 19.0 Å². The summed E-state index contributed by atoms with van der Waals surface area (Å²) < 4.78 is 17.6. The van der Waals surface area contributed by atoms with E-state index in [1.54, 1.807) is 6.20 Å². The monoisotopic (exact) mass is 490 g/mol. The fourth-order valence-corrected chi connectivity index (χ4v) is 5.12. The Hall–Kier alpha value is -3.33. The van der Waals surface area contributed by atoms with Crippen LogP contribution in [0.2, 0.25) is 0 Å². The Kier molecular flexibility index (Phi) is 6.17. The molecule has 2 N–H and O–H groups in total. The van der Waals surface area contributed by atoms with E-state index in [1.165, 1.54) is 25.1 Å². The quantitative estimate of drug-likeness (QED) is 0.493. The van der Waals surface area contributed by atoms with E-state index in [4.69, 9.17) is 14.2 Å². The summed E-state index contributed by atoms with van der Waals surface area (Å²) >= 11 is 0. The summed E-state index contributed by atoms with van der Waals surface area (Å²) in [7, 11) is 0. The molecule has 1 aromatic carbocycles. The van der Waals surface area contributed by atoms with Crippen LogP contribution in [0.15, 0.2) is 24.7 Å². The Morgan fingerprint density at radius 2 is 2.11 bits per heavy atom. The summed E-state index contributed by atoms with van der Waals surface area (Å²) in [5.74, 6) is 3.81. The van der Waals surface area contributed by atoms with E-state index in [0.717, 1.165) is 38.0 Å². The van der Waals surface area contributed by atoms with Crippen molar-refractivity contribution in [1.82, 2.24) is 25.2 Å². The number of aromatic nitrogens is 3. The number of H-pyrrole nitrogens is 1. The van der Waals surface area contributed by atoms with Gasteiger partial charge in [0.15, 0.2) is 11.5 Å². The van der Waals surface area contributed by atoms with Gasteiger partial charge in [-0.05, 0) is 56.2 Å². The number of rotatable bonds is 8. The summed E-state index contributed by atoms with van der Waals surface area (Å²) in [5.41, 5.74) is 3.11. The maximum atomic E-state index is 13.3. The highest BCUT2D eigenvalue weighted by Gasteiger charge is 2.29. The number of piperidine rings is 1. The number of benzene rings is 1. The molecule has 1 saturated carbocycles. The maximum Gasteiger partial charge on any atom is 0.255 e. The minimum Gasteiger partial charge on any atom is -0.492 e. The molecule has 9 nitrogen and oxygen atoms in total. The topological polar surface area (TPSA) is 102 Å². The lowest BCUT2D eigenvalue weighted by molar-refractivity contribution is 0.0907. The Morgan fingerprint density at radius 3 is 2.94 bits per heavy atom. The van der Waals surface area contributed by atoms with Crippen molar-refractivity contribution in [3.05, 3.63) is 36.1 Å². The first-order chi connectivity index (χ1) is 17.6. The van der Waals surface area contributed by atoms with E-state index in [2.05, 4.69) is 39.0 Å². The highest BCUT2D eigenvalue weighted by molar-refractivity contribution is 6.08.